The lowest BCUT2D eigenvalue weighted by molar-refractivity contribution is -0.144. The van der Waals surface area contributed by atoms with Gasteiger partial charge >= 0.3 is 6.09 Å². The standard InChI is InChI=1S/C25H37ClN4O4/c1-3-34-25(33)29(2)22(17-8-5-4-6-9-17)24(32)30-13-7-10-21(30)23(31)28-16-19-14-20(26)12-11-18(19)15-27/h11-12,14,17,21-22H,3-10,13,15-16,27H2,1-2H3,(H,28,31)/t21-,22+/m0/s1. The summed E-state index contributed by atoms with van der Waals surface area (Å²) >= 11 is 6.12. The van der Waals surface area contributed by atoms with Crippen LogP contribution in [0.15, 0.2) is 18.2 Å². The first-order valence-corrected chi connectivity index (χ1v) is 12.7. The van der Waals surface area contributed by atoms with Crippen molar-refractivity contribution in [3.05, 3.63) is 34.3 Å². The third-order valence-electron chi connectivity index (χ3n) is 7.00. The van der Waals surface area contributed by atoms with Gasteiger partial charge in [-0.15, -0.1) is 0 Å². The second kappa shape index (κ2) is 12.4. The van der Waals surface area contributed by atoms with Crippen molar-refractivity contribution in [2.24, 2.45) is 11.7 Å². The Kier molecular flexibility index (Phi) is 9.59. The number of nitrogens with one attached hydrogen (secondary N) is 1. The molecule has 1 aromatic rings. The Morgan fingerprint density at radius 3 is 2.59 bits per heavy atom. The van der Waals surface area contributed by atoms with Crippen LogP contribution in [-0.2, 0) is 27.4 Å². The summed E-state index contributed by atoms with van der Waals surface area (Å²) in [5, 5.41) is 3.55. The average Bonchev–Trinajstić information content (AvgIpc) is 3.33. The summed E-state index contributed by atoms with van der Waals surface area (Å²) in [6.07, 6.45) is 5.84. The van der Waals surface area contributed by atoms with Crippen LogP contribution in [0.5, 0.6) is 0 Å². The van der Waals surface area contributed by atoms with Crippen LogP contribution in [0.3, 0.4) is 0 Å². The number of likely N-dealkylation sites (tertiary alicyclic amines) is 1. The van der Waals surface area contributed by atoms with E-state index >= 15 is 0 Å². The molecule has 0 unspecified atom stereocenters. The van der Waals surface area contributed by atoms with Crippen molar-refractivity contribution in [3.63, 3.8) is 0 Å². The van der Waals surface area contributed by atoms with Crippen molar-refractivity contribution in [3.8, 4) is 0 Å². The van der Waals surface area contributed by atoms with Gasteiger partial charge < -0.3 is 20.7 Å². The van der Waals surface area contributed by atoms with Crippen LogP contribution < -0.4 is 11.1 Å². The van der Waals surface area contributed by atoms with E-state index < -0.39 is 18.2 Å². The number of amides is 3. The lowest BCUT2D eigenvalue weighted by Crippen LogP contribution is -2.56. The summed E-state index contributed by atoms with van der Waals surface area (Å²) < 4.78 is 5.20. The number of halogens is 1. The van der Waals surface area contributed by atoms with Gasteiger partial charge in [-0.3, -0.25) is 14.5 Å². The number of ether oxygens (including phenoxy) is 1. The number of nitrogens with two attached hydrogens (primary N) is 1. The van der Waals surface area contributed by atoms with Crippen LogP contribution in [0.1, 0.15) is 63.0 Å². The molecule has 1 aliphatic heterocycles. The third kappa shape index (κ3) is 6.21. The van der Waals surface area contributed by atoms with E-state index in [0.29, 0.717) is 31.1 Å². The number of hydrogen-bond acceptors (Lipinski definition) is 5. The van der Waals surface area contributed by atoms with E-state index in [4.69, 9.17) is 22.1 Å². The number of likely N-dealkylation sites (N-methyl/N-ethyl adjacent to an activating group) is 1. The number of rotatable bonds is 8. The molecule has 3 rings (SSSR count). The Morgan fingerprint density at radius 2 is 1.91 bits per heavy atom. The van der Waals surface area contributed by atoms with E-state index in [2.05, 4.69) is 5.32 Å². The summed E-state index contributed by atoms with van der Waals surface area (Å²) in [7, 11) is 1.63. The number of benzene rings is 1. The van der Waals surface area contributed by atoms with Gasteiger partial charge in [-0.2, -0.15) is 0 Å². The predicted molar refractivity (Wildman–Crippen MR) is 131 cm³/mol. The molecule has 0 aromatic heterocycles. The first kappa shape index (κ1) is 26.3. The van der Waals surface area contributed by atoms with Gasteiger partial charge in [0.2, 0.25) is 11.8 Å². The summed E-state index contributed by atoms with van der Waals surface area (Å²) in [5.41, 5.74) is 7.59. The lowest BCUT2D eigenvalue weighted by atomic mass is 9.82. The molecule has 1 aliphatic carbocycles. The normalized spacial score (nSPS) is 19.5. The summed E-state index contributed by atoms with van der Waals surface area (Å²) in [4.78, 5) is 42.6. The maximum absolute atomic E-state index is 13.8. The van der Waals surface area contributed by atoms with Gasteiger partial charge in [0.25, 0.3) is 0 Å². The molecular formula is C25H37ClN4O4. The highest BCUT2D eigenvalue weighted by Gasteiger charge is 2.43. The molecule has 9 heteroatoms. The van der Waals surface area contributed by atoms with Crippen molar-refractivity contribution in [2.75, 3.05) is 20.2 Å². The van der Waals surface area contributed by atoms with Gasteiger partial charge in [-0.25, -0.2) is 4.79 Å². The van der Waals surface area contributed by atoms with E-state index in [9.17, 15) is 14.4 Å². The third-order valence-corrected chi connectivity index (χ3v) is 7.24. The molecule has 3 N–H and O–H groups in total. The smallest absolute Gasteiger partial charge is 0.410 e. The monoisotopic (exact) mass is 492 g/mol. The molecule has 2 fully saturated rings. The molecule has 1 saturated heterocycles. The van der Waals surface area contributed by atoms with Crippen molar-refractivity contribution in [1.82, 2.24) is 15.1 Å². The fraction of sp³-hybridized carbons (Fsp3) is 0.640. The zero-order valence-corrected chi connectivity index (χ0v) is 21.0. The Bertz CT molecular complexity index is 874. The molecule has 0 spiro atoms. The van der Waals surface area contributed by atoms with Gasteiger partial charge in [0, 0.05) is 31.7 Å². The van der Waals surface area contributed by atoms with Crippen molar-refractivity contribution in [1.29, 1.82) is 0 Å². The Labute approximate surface area is 207 Å². The number of carbonyl (C=O) groups is 3. The summed E-state index contributed by atoms with van der Waals surface area (Å²) in [6, 6.07) is 4.25. The van der Waals surface area contributed by atoms with Crippen molar-refractivity contribution >= 4 is 29.5 Å². The van der Waals surface area contributed by atoms with Gasteiger partial charge in [-0.1, -0.05) is 36.9 Å². The molecule has 2 atom stereocenters. The van der Waals surface area contributed by atoms with Crippen molar-refractivity contribution in [2.45, 2.75) is 77.0 Å². The van der Waals surface area contributed by atoms with Crippen molar-refractivity contribution < 1.29 is 19.1 Å². The largest absolute Gasteiger partial charge is 0.450 e. The summed E-state index contributed by atoms with van der Waals surface area (Å²) in [6.45, 7) is 3.14. The maximum Gasteiger partial charge on any atom is 0.410 e. The molecule has 2 aliphatic rings. The number of nitrogens with zero attached hydrogens (tertiary/aromatic N) is 2. The number of carbonyl (C=O) groups excluding carboxylic acids is 3. The Morgan fingerprint density at radius 1 is 1.18 bits per heavy atom. The first-order chi connectivity index (χ1) is 16.4. The van der Waals surface area contributed by atoms with Gasteiger partial charge in [0.05, 0.1) is 6.61 Å². The van der Waals surface area contributed by atoms with Crippen LogP contribution in [-0.4, -0.2) is 60.0 Å². The molecule has 0 bridgehead atoms. The Hall–Kier alpha value is -2.32. The minimum Gasteiger partial charge on any atom is -0.450 e. The van der Waals surface area contributed by atoms with Crippen LogP contribution in [0, 0.1) is 5.92 Å². The highest BCUT2D eigenvalue weighted by molar-refractivity contribution is 6.30. The lowest BCUT2D eigenvalue weighted by Gasteiger charge is -2.38. The van der Waals surface area contributed by atoms with Gasteiger partial charge in [0.15, 0.2) is 0 Å². The molecule has 1 aromatic carbocycles. The molecule has 34 heavy (non-hydrogen) atoms. The topological polar surface area (TPSA) is 105 Å². The first-order valence-electron chi connectivity index (χ1n) is 12.3. The molecule has 0 radical (unpaired) electrons. The molecule has 188 valence electrons. The fourth-order valence-electron chi connectivity index (χ4n) is 5.20. The van der Waals surface area contributed by atoms with Gasteiger partial charge in [-0.05, 0) is 61.8 Å². The highest BCUT2D eigenvalue weighted by atomic mass is 35.5. The zero-order valence-electron chi connectivity index (χ0n) is 20.2. The molecule has 1 saturated carbocycles. The Balaban J connectivity index is 1.74. The average molecular weight is 493 g/mol. The minimum atomic E-state index is -0.621. The zero-order chi connectivity index (χ0) is 24.7. The second-order valence-electron chi connectivity index (χ2n) is 9.18. The quantitative estimate of drug-likeness (QED) is 0.578. The fourth-order valence-corrected chi connectivity index (χ4v) is 5.40. The van der Waals surface area contributed by atoms with E-state index in [0.717, 1.165) is 49.7 Å². The van der Waals surface area contributed by atoms with E-state index in [1.807, 2.05) is 6.07 Å². The van der Waals surface area contributed by atoms with E-state index in [1.54, 1.807) is 31.0 Å². The maximum atomic E-state index is 13.8. The van der Waals surface area contributed by atoms with Gasteiger partial charge in [0.1, 0.15) is 12.1 Å². The molecule has 3 amide bonds. The van der Waals surface area contributed by atoms with Crippen LogP contribution in [0.25, 0.3) is 0 Å². The van der Waals surface area contributed by atoms with Crippen LogP contribution >= 0.6 is 11.6 Å². The van der Waals surface area contributed by atoms with E-state index in [1.165, 1.54) is 4.90 Å². The van der Waals surface area contributed by atoms with Crippen LogP contribution in [0.2, 0.25) is 5.02 Å². The highest BCUT2D eigenvalue weighted by Crippen LogP contribution is 2.32. The summed E-state index contributed by atoms with van der Waals surface area (Å²) in [5.74, 6) is -0.293. The number of hydrogen-bond donors (Lipinski definition) is 2. The molecular weight excluding hydrogens is 456 g/mol. The SMILES string of the molecule is CCOC(=O)N(C)[C@@H](C(=O)N1CCC[C@H]1C(=O)NCc1cc(Cl)ccc1CN)C1CCCCC1. The molecule has 8 nitrogen and oxygen atoms in total. The second-order valence-corrected chi connectivity index (χ2v) is 9.61. The minimum absolute atomic E-state index is 0.0681. The van der Waals surface area contributed by atoms with E-state index in [-0.39, 0.29) is 24.3 Å². The van der Waals surface area contributed by atoms with Crippen LogP contribution in [0.4, 0.5) is 4.79 Å². The molecule has 1 heterocycles. The predicted octanol–water partition coefficient (Wildman–Crippen LogP) is 3.44.